The van der Waals surface area contributed by atoms with Gasteiger partial charge in [-0.25, -0.2) is 9.97 Å². The van der Waals surface area contributed by atoms with Crippen molar-refractivity contribution in [3.63, 3.8) is 0 Å². The number of hydrogen-bond acceptors (Lipinski definition) is 5. The molecule has 5 nitrogen and oxygen atoms in total. The fourth-order valence-electron chi connectivity index (χ4n) is 3.79. The number of aromatic nitrogens is 2. The van der Waals surface area contributed by atoms with Crippen LogP contribution in [0.2, 0.25) is 0 Å². The van der Waals surface area contributed by atoms with E-state index in [-0.39, 0.29) is 0 Å². The van der Waals surface area contributed by atoms with Crippen LogP contribution < -0.4 is 10.6 Å². The van der Waals surface area contributed by atoms with E-state index in [0.29, 0.717) is 18.0 Å². The number of benzene rings is 1. The van der Waals surface area contributed by atoms with Crippen LogP contribution in [0.5, 0.6) is 0 Å². The average molecular weight is 323 g/mol. The van der Waals surface area contributed by atoms with E-state index >= 15 is 0 Å². The zero-order chi connectivity index (χ0) is 16.5. The van der Waals surface area contributed by atoms with Crippen LogP contribution >= 0.6 is 0 Å². The Morgan fingerprint density at radius 3 is 3.04 bits per heavy atom. The normalized spacial score (nSPS) is 23.9. The topological polar surface area (TPSA) is 53.1 Å². The van der Waals surface area contributed by atoms with Gasteiger partial charge in [0, 0.05) is 42.6 Å². The average Bonchev–Trinajstić information content (AvgIpc) is 2.98. The molecule has 5 heteroatoms. The Morgan fingerprint density at radius 2 is 2.21 bits per heavy atom. The summed E-state index contributed by atoms with van der Waals surface area (Å²) in [7, 11) is 0. The van der Waals surface area contributed by atoms with E-state index in [9.17, 15) is 0 Å². The van der Waals surface area contributed by atoms with Crippen LogP contribution in [0.15, 0.2) is 30.5 Å². The zero-order valence-corrected chi connectivity index (χ0v) is 14.4. The van der Waals surface area contributed by atoms with Crippen molar-refractivity contribution >= 4 is 11.6 Å². The van der Waals surface area contributed by atoms with Crippen molar-refractivity contribution in [1.29, 1.82) is 0 Å². The van der Waals surface area contributed by atoms with Crippen LogP contribution in [-0.4, -0.2) is 33.5 Å². The van der Waals surface area contributed by atoms with E-state index in [1.165, 1.54) is 29.7 Å². The minimum Gasteiger partial charge on any atom is -0.324 e. The second-order valence-corrected chi connectivity index (χ2v) is 7.10. The van der Waals surface area contributed by atoms with Gasteiger partial charge in [-0.3, -0.25) is 4.90 Å². The van der Waals surface area contributed by atoms with Crippen LogP contribution in [0.4, 0.5) is 11.6 Å². The van der Waals surface area contributed by atoms with Gasteiger partial charge in [-0.15, -0.1) is 0 Å². The molecule has 24 heavy (non-hydrogen) atoms. The molecule has 2 atom stereocenters. The molecule has 1 saturated heterocycles. The number of fused-ring (bicyclic) bond motifs is 1. The lowest BCUT2D eigenvalue weighted by Crippen LogP contribution is -2.45. The van der Waals surface area contributed by atoms with E-state index in [1.807, 2.05) is 18.3 Å². The summed E-state index contributed by atoms with van der Waals surface area (Å²) in [6, 6.07) is 9.56. The predicted molar refractivity (Wildman–Crippen MR) is 96.2 cm³/mol. The van der Waals surface area contributed by atoms with Crippen LogP contribution in [-0.2, 0) is 13.1 Å². The molecule has 0 aliphatic carbocycles. The lowest BCUT2D eigenvalue weighted by Gasteiger charge is -2.34. The highest BCUT2D eigenvalue weighted by Gasteiger charge is 2.30. The summed E-state index contributed by atoms with van der Waals surface area (Å²) in [5.74, 6) is 0.694. The SMILES string of the molecule is Cc1cccc(Nc2ncc3c(n2)CN([C@@H]2CCN[C@H](C)C2)C3)c1. The highest BCUT2D eigenvalue weighted by Crippen LogP contribution is 2.28. The zero-order valence-electron chi connectivity index (χ0n) is 14.4. The molecular weight excluding hydrogens is 298 g/mol. The highest BCUT2D eigenvalue weighted by molar-refractivity contribution is 5.54. The van der Waals surface area contributed by atoms with E-state index in [4.69, 9.17) is 4.98 Å². The maximum Gasteiger partial charge on any atom is 0.227 e. The van der Waals surface area contributed by atoms with Gasteiger partial charge in [0.2, 0.25) is 5.95 Å². The van der Waals surface area contributed by atoms with Crippen molar-refractivity contribution in [1.82, 2.24) is 20.2 Å². The van der Waals surface area contributed by atoms with Crippen molar-refractivity contribution < 1.29 is 0 Å². The lowest BCUT2D eigenvalue weighted by atomic mass is 9.99. The molecule has 0 saturated carbocycles. The number of nitrogens with one attached hydrogen (secondary N) is 2. The molecule has 126 valence electrons. The van der Waals surface area contributed by atoms with Gasteiger partial charge in [0.15, 0.2) is 0 Å². The van der Waals surface area contributed by atoms with Crippen molar-refractivity contribution in [3.05, 3.63) is 47.3 Å². The number of aryl methyl sites for hydroxylation is 1. The third-order valence-corrected chi connectivity index (χ3v) is 5.07. The summed E-state index contributed by atoms with van der Waals surface area (Å²) in [4.78, 5) is 11.8. The molecule has 2 N–H and O–H groups in total. The van der Waals surface area contributed by atoms with Crippen molar-refractivity contribution in [3.8, 4) is 0 Å². The van der Waals surface area contributed by atoms with E-state index < -0.39 is 0 Å². The van der Waals surface area contributed by atoms with Crippen LogP contribution in [0.1, 0.15) is 36.6 Å². The maximum atomic E-state index is 4.76. The molecule has 1 aromatic heterocycles. The molecule has 2 aliphatic rings. The molecule has 0 bridgehead atoms. The fraction of sp³-hybridized carbons (Fsp3) is 0.474. The molecule has 0 unspecified atom stereocenters. The Morgan fingerprint density at radius 1 is 1.29 bits per heavy atom. The predicted octanol–water partition coefficient (Wildman–Crippen LogP) is 2.98. The summed E-state index contributed by atoms with van der Waals surface area (Å²) in [5, 5.41) is 6.86. The standard InChI is InChI=1S/C19H25N5/c1-13-4-3-5-16(8-13)22-19-21-10-15-11-24(12-18(15)23-19)17-6-7-20-14(2)9-17/h3-5,8,10,14,17,20H,6-7,9,11-12H2,1-2H3,(H,21,22,23)/t14-,17-/m1/s1. The van der Waals surface area contributed by atoms with Gasteiger partial charge in [-0.1, -0.05) is 12.1 Å². The minimum absolute atomic E-state index is 0.608. The molecule has 0 amide bonds. The molecule has 4 rings (SSSR count). The third-order valence-electron chi connectivity index (χ3n) is 5.07. The molecule has 1 fully saturated rings. The second-order valence-electron chi connectivity index (χ2n) is 7.10. The Labute approximate surface area is 143 Å². The third kappa shape index (κ3) is 3.28. The number of hydrogen-bond donors (Lipinski definition) is 2. The van der Waals surface area contributed by atoms with Crippen LogP contribution in [0.25, 0.3) is 0 Å². The summed E-state index contributed by atoms with van der Waals surface area (Å²) < 4.78 is 0. The summed E-state index contributed by atoms with van der Waals surface area (Å²) >= 11 is 0. The van der Waals surface area contributed by atoms with Crippen molar-refractivity contribution in [2.24, 2.45) is 0 Å². The minimum atomic E-state index is 0.608. The van der Waals surface area contributed by atoms with E-state index in [0.717, 1.165) is 25.3 Å². The molecule has 2 aliphatic heterocycles. The van der Waals surface area contributed by atoms with Crippen molar-refractivity contribution in [2.75, 3.05) is 11.9 Å². The Kier molecular flexibility index (Phi) is 4.21. The first-order valence-electron chi connectivity index (χ1n) is 8.83. The first-order valence-corrected chi connectivity index (χ1v) is 8.83. The van der Waals surface area contributed by atoms with Crippen molar-refractivity contribution in [2.45, 2.75) is 51.9 Å². The quantitative estimate of drug-likeness (QED) is 0.909. The molecular formula is C19H25N5. The number of anilines is 2. The Bertz CT molecular complexity index is 729. The van der Waals surface area contributed by atoms with Gasteiger partial charge in [0.25, 0.3) is 0 Å². The summed E-state index contributed by atoms with van der Waals surface area (Å²) in [6.45, 7) is 7.41. The molecule has 1 aromatic carbocycles. The smallest absolute Gasteiger partial charge is 0.227 e. The second kappa shape index (κ2) is 6.49. The fourth-order valence-corrected chi connectivity index (χ4v) is 3.79. The van der Waals surface area contributed by atoms with E-state index in [1.54, 1.807) is 0 Å². The van der Waals surface area contributed by atoms with Crippen LogP contribution in [0, 0.1) is 6.92 Å². The van der Waals surface area contributed by atoms with Crippen LogP contribution in [0.3, 0.4) is 0 Å². The Hall–Kier alpha value is -1.98. The molecule has 0 spiro atoms. The van der Waals surface area contributed by atoms with Gasteiger partial charge in [-0.2, -0.15) is 0 Å². The first-order chi connectivity index (χ1) is 11.7. The summed E-state index contributed by atoms with van der Waals surface area (Å²) in [5.41, 5.74) is 4.71. The van der Waals surface area contributed by atoms with E-state index in [2.05, 4.69) is 46.5 Å². The first kappa shape index (κ1) is 15.5. The monoisotopic (exact) mass is 323 g/mol. The Balaban J connectivity index is 1.47. The maximum absolute atomic E-state index is 4.76. The molecule has 2 aromatic rings. The van der Waals surface area contributed by atoms with Gasteiger partial charge in [-0.05, 0) is 50.9 Å². The largest absolute Gasteiger partial charge is 0.324 e. The van der Waals surface area contributed by atoms with Gasteiger partial charge in [0.1, 0.15) is 0 Å². The number of nitrogens with zero attached hydrogens (tertiary/aromatic N) is 3. The van der Waals surface area contributed by atoms with Gasteiger partial charge in [0.05, 0.1) is 5.69 Å². The molecule has 3 heterocycles. The highest BCUT2D eigenvalue weighted by atomic mass is 15.2. The number of piperidine rings is 1. The number of rotatable bonds is 3. The summed E-state index contributed by atoms with van der Waals surface area (Å²) in [6.07, 6.45) is 4.43. The molecule has 0 radical (unpaired) electrons. The van der Waals surface area contributed by atoms with Gasteiger partial charge < -0.3 is 10.6 Å². The van der Waals surface area contributed by atoms with Gasteiger partial charge >= 0.3 is 0 Å². The lowest BCUT2D eigenvalue weighted by molar-refractivity contribution is 0.146.